The van der Waals surface area contributed by atoms with Gasteiger partial charge in [0.15, 0.2) is 0 Å². The van der Waals surface area contributed by atoms with Gasteiger partial charge in [0, 0.05) is 46.3 Å². The van der Waals surface area contributed by atoms with Crippen LogP contribution in [0.5, 0.6) is 17.2 Å². The Morgan fingerprint density at radius 3 is 2.56 bits per heavy atom. The highest BCUT2D eigenvalue weighted by Gasteiger charge is 2.24. The number of piperidine rings is 1. The Morgan fingerprint density at radius 1 is 1.09 bits per heavy atom. The molecule has 1 aliphatic rings. The molecule has 6 nitrogen and oxygen atoms in total. The maximum Gasteiger partial charge on any atom is 0.247 e. The van der Waals surface area contributed by atoms with E-state index in [1.54, 1.807) is 33.7 Å². The molecule has 4 rings (SSSR count). The second kappa shape index (κ2) is 9.84. The highest BCUT2D eigenvalue weighted by atomic mass is 16.5. The van der Waals surface area contributed by atoms with Crippen LogP contribution in [0.1, 0.15) is 44.2 Å². The Bertz CT molecular complexity index is 1240. The number of aryl methyl sites for hydroxylation is 1. The number of carbonyl (C=O) groups excluding carboxylic acids is 1. The van der Waals surface area contributed by atoms with Gasteiger partial charge in [-0.1, -0.05) is 0 Å². The van der Waals surface area contributed by atoms with Gasteiger partial charge in [0.05, 0.1) is 27.6 Å². The molecule has 0 N–H and O–H groups in total. The molecule has 1 aliphatic heterocycles. The summed E-state index contributed by atoms with van der Waals surface area (Å²) in [6, 6.07) is 7.99. The standard InChI is InChI=1S/C28H33NO5/c1-17(13-26(30)29-12-8-7-9-18(29)2)21-15-23-24(16-34-28(23)19(3)27(21)33-6)22-14-20(31-4)10-11-25(22)32-5/h10-11,13-16,18H,7-9,12H2,1-6H3/b17-13+. The van der Waals surface area contributed by atoms with E-state index < -0.39 is 0 Å². The predicted octanol–water partition coefficient (Wildman–Crippen LogP) is 6.24. The summed E-state index contributed by atoms with van der Waals surface area (Å²) >= 11 is 0. The summed E-state index contributed by atoms with van der Waals surface area (Å²) in [7, 11) is 4.93. The molecule has 1 unspecified atom stereocenters. The number of hydrogen-bond donors (Lipinski definition) is 0. The van der Waals surface area contributed by atoms with E-state index >= 15 is 0 Å². The van der Waals surface area contributed by atoms with E-state index in [4.69, 9.17) is 18.6 Å². The van der Waals surface area contributed by atoms with E-state index in [1.165, 1.54) is 6.42 Å². The van der Waals surface area contributed by atoms with Crippen molar-refractivity contribution in [2.75, 3.05) is 27.9 Å². The molecule has 6 heteroatoms. The summed E-state index contributed by atoms with van der Waals surface area (Å²) in [5.74, 6) is 2.21. The molecular weight excluding hydrogens is 430 g/mol. The molecule has 0 bridgehead atoms. The summed E-state index contributed by atoms with van der Waals surface area (Å²) < 4.78 is 22.8. The monoisotopic (exact) mass is 463 g/mol. The fourth-order valence-corrected chi connectivity index (χ4v) is 4.88. The number of likely N-dealkylation sites (tertiary alicyclic amines) is 1. The van der Waals surface area contributed by atoms with Gasteiger partial charge in [0.25, 0.3) is 0 Å². The number of methoxy groups -OCH3 is 3. The van der Waals surface area contributed by atoms with Crippen LogP contribution in [-0.4, -0.2) is 44.7 Å². The summed E-state index contributed by atoms with van der Waals surface area (Å²) in [5.41, 5.74) is 5.11. The quantitative estimate of drug-likeness (QED) is 0.405. The van der Waals surface area contributed by atoms with Gasteiger partial charge in [0.2, 0.25) is 5.91 Å². The molecule has 1 fully saturated rings. The van der Waals surface area contributed by atoms with Crippen LogP contribution in [-0.2, 0) is 4.79 Å². The Balaban J connectivity index is 1.85. The van der Waals surface area contributed by atoms with Crippen LogP contribution in [0.15, 0.2) is 41.0 Å². The molecule has 1 saturated heterocycles. The van der Waals surface area contributed by atoms with Crippen LogP contribution in [0.2, 0.25) is 0 Å². The first-order valence-electron chi connectivity index (χ1n) is 11.7. The van der Waals surface area contributed by atoms with Crippen LogP contribution >= 0.6 is 0 Å². The first-order chi connectivity index (χ1) is 16.4. The number of hydrogen-bond acceptors (Lipinski definition) is 5. The first kappa shape index (κ1) is 23.7. The van der Waals surface area contributed by atoms with E-state index in [-0.39, 0.29) is 11.9 Å². The van der Waals surface area contributed by atoms with E-state index in [0.29, 0.717) is 5.75 Å². The molecule has 0 radical (unpaired) electrons. The fraction of sp³-hybridized carbons (Fsp3) is 0.393. The van der Waals surface area contributed by atoms with Crippen molar-refractivity contribution >= 4 is 22.4 Å². The first-order valence-corrected chi connectivity index (χ1v) is 11.7. The van der Waals surface area contributed by atoms with Crippen LogP contribution in [0.25, 0.3) is 27.7 Å². The van der Waals surface area contributed by atoms with Gasteiger partial charge in [0.1, 0.15) is 22.8 Å². The number of furan rings is 1. The van der Waals surface area contributed by atoms with Crippen molar-refractivity contribution in [3.05, 3.63) is 47.7 Å². The lowest BCUT2D eigenvalue weighted by Crippen LogP contribution is -2.41. The van der Waals surface area contributed by atoms with E-state index in [1.807, 2.05) is 43.0 Å². The van der Waals surface area contributed by atoms with Crippen LogP contribution in [0.4, 0.5) is 0 Å². The molecule has 180 valence electrons. The van der Waals surface area contributed by atoms with Gasteiger partial charge in [-0.05, 0) is 69.9 Å². The summed E-state index contributed by atoms with van der Waals surface area (Å²) in [6.45, 7) is 6.86. The molecule has 3 aromatic rings. The molecule has 34 heavy (non-hydrogen) atoms. The summed E-state index contributed by atoms with van der Waals surface area (Å²) in [6.07, 6.45) is 6.74. The predicted molar refractivity (Wildman–Crippen MR) is 135 cm³/mol. The lowest BCUT2D eigenvalue weighted by molar-refractivity contribution is -0.129. The Morgan fingerprint density at radius 2 is 1.88 bits per heavy atom. The van der Waals surface area contributed by atoms with Crippen molar-refractivity contribution in [3.63, 3.8) is 0 Å². The zero-order valence-electron chi connectivity index (χ0n) is 20.9. The number of amides is 1. The van der Waals surface area contributed by atoms with Crippen molar-refractivity contribution in [1.82, 2.24) is 4.90 Å². The molecule has 1 aromatic heterocycles. The van der Waals surface area contributed by atoms with Crippen molar-refractivity contribution in [2.24, 2.45) is 0 Å². The summed E-state index contributed by atoms with van der Waals surface area (Å²) in [5, 5.41) is 0.923. The number of allylic oxidation sites excluding steroid dienone is 1. The molecule has 1 atom stereocenters. The van der Waals surface area contributed by atoms with Gasteiger partial charge < -0.3 is 23.5 Å². The van der Waals surface area contributed by atoms with Gasteiger partial charge in [-0.2, -0.15) is 0 Å². The zero-order chi connectivity index (χ0) is 24.4. The van der Waals surface area contributed by atoms with E-state index in [0.717, 1.165) is 69.7 Å². The molecule has 2 heterocycles. The third-order valence-corrected chi connectivity index (χ3v) is 6.80. The number of benzene rings is 2. The average Bonchev–Trinajstić information content (AvgIpc) is 3.27. The lowest BCUT2D eigenvalue weighted by Gasteiger charge is -2.32. The van der Waals surface area contributed by atoms with Crippen molar-refractivity contribution in [3.8, 4) is 28.4 Å². The van der Waals surface area contributed by atoms with Crippen molar-refractivity contribution < 1.29 is 23.4 Å². The number of fused-ring (bicyclic) bond motifs is 1. The van der Waals surface area contributed by atoms with Crippen molar-refractivity contribution in [2.45, 2.75) is 46.1 Å². The topological polar surface area (TPSA) is 61.1 Å². The second-order valence-electron chi connectivity index (χ2n) is 8.88. The van der Waals surface area contributed by atoms with Gasteiger partial charge in [-0.15, -0.1) is 0 Å². The molecule has 0 saturated carbocycles. The average molecular weight is 464 g/mol. The number of ether oxygens (including phenoxy) is 3. The third-order valence-electron chi connectivity index (χ3n) is 6.80. The fourth-order valence-electron chi connectivity index (χ4n) is 4.88. The van der Waals surface area contributed by atoms with Gasteiger partial charge in [-0.3, -0.25) is 4.79 Å². The van der Waals surface area contributed by atoms with Gasteiger partial charge >= 0.3 is 0 Å². The molecular formula is C28H33NO5. The maximum atomic E-state index is 13.1. The minimum atomic E-state index is 0.0476. The van der Waals surface area contributed by atoms with E-state index in [2.05, 4.69) is 6.92 Å². The second-order valence-corrected chi connectivity index (χ2v) is 8.88. The smallest absolute Gasteiger partial charge is 0.247 e. The Hall–Kier alpha value is -3.41. The minimum Gasteiger partial charge on any atom is -0.497 e. The molecule has 2 aromatic carbocycles. The largest absolute Gasteiger partial charge is 0.497 e. The Labute approximate surface area is 201 Å². The molecule has 0 spiro atoms. The molecule has 0 aliphatic carbocycles. The van der Waals surface area contributed by atoms with Crippen LogP contribution in [0.3, 0.4) is 0 Å². The van der Waals surface area contributed by atoms with E-state index in [9.17, 15) is 4.79 Å². The number of rotatable bonds is 6. The normalized spacial score (nSPS) is 16.6. The SMILES string of the molecule is COc1ccc(OC)c(-c2coc3c(C)c(OC)c(/C(C)=C/C(=O)N4CCCCC4C)cc23)c1. The van der Waals surface area contributed by atoms with Crippen LogP contribution in [0, 0.1) is 6.92 Å². The highest BCUT2D eigenvalue weighted by molar-refractivity contribution is 6.02. The lowest BCUT2D eigenvalue weighted by atomic mass is 9.95. The van der Waals surface area contributed by atoms with Crippen molar-refractivity contribution in [1.29, 1.82) is 0 Å². The number of carbonyl (C=O) groups is 1. The molecule has 1 amide bonds. The zero-order valence-corrected chi connectivity index (χ0v) is 20.9. The Kier molecular flexibility index (Phi) is 6.87. The van der Waals surface area contributed by atoms with Crippen LogP contribution < -0.4 is 14.2 Å². The minimum absolute atomic E-state index is 0.0476. The third kappa shape index (κ3) is 4.25. The number of nitrogens with zero attached hydrogens (tertiary/aromatic N) is 1. The summed E-state index contributed by atoms with van der Waals surface area (Å²) in [4.78, 5) is 15.1. The van der Waals surface area contributed by atoms with Gasteiger partial charge in [-0.25, -0.2) is 0 Å². The maximum absolute atomic E-state index is 13.1. The highest BCUT2D eigenvalue weighted by Crippen LogP contribution is 2.43.